The number of para-hydroxylation sites is 1. The number of fused-ring (bicyclic) bond motifs is 1. The number of carbonyl (C=O) groups is 1. The fraction of sp³-hybridized carbons (Fsp3) is 0.308. The molecule has 16 heavy (non-hydrogen) atoms. The first kappa shape index (κ1) is 10.7. The van der Waals surface area contributed by atoms with Gasteiger partial charge in [-0.25, -0.2) is 4.79 Å². The van der Waals surface area contributed by atoms with Gasteiger partial charge in [-0.05, 0) is 18.6 Å². The average molecular weight is 217 g/mol. The van der Waals surface area contributed by atoms with E-state index in [2.05, 4.69) is 11.9 Å². The van der Waals surface area contributed by atoms with E-state index in [4.69, 9.17) is 4.74 Å². The molecule has 0 unspecified atom stereocenters. The summed E-state index contributed by atoms with van der Waals surface area (Å²) in [5.74, 6) is -0.249. The Morgan fingerprint density at radius 1 is 1.38 bits per heavy atom. The van der Waals surface area contributed by atoms with E-state index >= 15 is 0 Å². The molecule has 3 nitrogen and oxygen atoms in total. The molecule has 0 atom stereocenters. The molecular weight excluding hydrogens is 202 g/mol. The van der Waals surface area contributed by atoms with E-state index in [1.807, 2.05) is 24.4 Å². The van der Waals surface area contributed by atoms with E-state index in [9.17, 15) is 4.79 Å². The third-order valence-corrected chi connectivity index (χ3v) is 2.54. The zero-order valence-electron chi connectivity index (χ0n) is 9.32. The van der Waals surface area contributed by atoms with Gasteiger partial charge in [0.25, 0.3) is 0 Å². The zero-order valence-corrected chi connectivity index (χ0v) is 9.32. The number of hydrogen-bond donors (Lipinski definition) is 1. The SMILES string of the molecule is CCCCOC(=O)c1cccc2cc[nH]c12. The lowest BCUT2D eigenvalue weighted by molar-refractivity contribution is 0.0502. The third kappa shape index (κ3) is 2.08. The van der Waals surface area contributed by atoms with Crippen LogP contribution in [0.25, 0.3) is 10.9 Å². The molecule has 3 heteroatoms. The molecule has 0 saturated carbocycles. The highest BCUT2D eigenvalue weighted by atomic mass is 16.5. The van der Waals surface area contributed by atoms with Crippen LogP contribution in [-0.4, -0.2) is 17.6 Å². The molecule has 0 aliphatic heterocycles. The van der Waals surface area contributed by atoms with Gasteiger partial charge in [-0.15, -0.1) is 0 Å². The fourth-order valence-corrected chi connectivity index (χ4v) is 1.64. The second kappa shape index (κ2) is 4.84. The molecule has 2 rings (SSSR count). The maximum absolute atomic E-state index is 11.8. The lowest BCUT2D eigenvalue weighted by Gasteiger charge is -2.04. The lowest BCUT2D eigenvalue weighted by atomic mass is 10.1. The Morgan fingerprint density at radius 3 is 3.06 bits per heavy atom. The summed E-state index contributed by atoms with van der Waals surface area (Å²) in [6, 6.07) is 7.56. The molecule has 0 aliphatic rings. The number of esters is 1. The van der Waals surface area contributed by atoms with Crippen molar-refractivity contribution in [3.63, 3.8) is 0 Å². The summed E-state index contributed by atoms with van der Waals surface area (Å²) in [6.07, 6.45) is 3.76. The van der Waals surface area contributed by atoms with E-state index in [1.165, 1.54) is 0 Å². The van der Waals surface area contributed by atoms with Crippen LogP contribution in [0.2, 0.25) is 0 Å². The van der Waals surface area contributed by atoms with Crippen molar-refractivity contribution in [2.24, 2.45) is 0 Å². The lowest BCUT2D eigenvalue weighted by Crippen LogP contribution is -2.06. The van der Waals surface area contributed by atoms with Crippen molar-refractivity contribution in [1.29, 1.82) is 0 Å². The second-order valence-electron chi connectivity index (χ2n) is 3.74. The Hall–Kier alpha value is -1.77. The van der Waals surface area contributed by atoms with Gasteiger partial charge in [0.05, 0.1) is 17.7 Å². The monoisotopic (exact) mass is 217 g/mol. The molecule has 1 aromatic carbocycles. The molecular formula is C13H15NO2. The van der Waals surface area contributed by atoms with Crippen LogP contribution in [0.3, 0.4) is 0 Å². The first-order chi connectivity index (χ1) is 7.83. The minimum Gasteiger partial charge on any atom is -0.462 e. The Labute approximate surface area is 94.4 Å². The largest absolute Gasteiger partial charge is 0.462 e. The Morgan fingerprint density at radius 2 is 2.25 bits per heavy atom. The van der Waals surface area contributed by atoms with Gasteiger partial charge in [-0.1, -0.05) is 25.5 Å². The predicted molar refractivity (Wildman–Crippen MR) is 63.5 cm³/mol. The maximum Gasteiger partial charge on any atom is 0.340 e. The van der Waals surface area contributed by atoms with Crippen LogP contribution in [0.1, 0.15) is 30.1 Å². The van der Waals surface area contributed by atoms with Crippen molar-refractivity contribution >= 4 is 16.9 Å². The highest BCUT2D eigenvalue weighted by molar-refractivity contribution is 6.02. The van der Waals surface area contributed by atoms with E-state index in [1.54, 1.807) is 6.07 Å². The molecule has 1 aromatic heterocycles. The Bertz CT molecular complexity index is 487. The van der Waals surface area contributed by atoms with Crippen molar-refractivity contribution in [2.45, 2.75) is 19.8 Å². The summed E-state index contributed by atoms with van der Waals surface area (Å²) in [6.45, 7) is 2.56. The average Bonchev–Trinajstić information content (AvgIpc) is 2.76. The molecule has 0 aliphatic carbocycles. The molecule has 0 radical (unpaired) electrons. The number of hydrogen-bond acceptors (Lipinski definition) is 2. The predicted octanol–water partition coefficient (Wildman–Crippen LogP) is 3.12. The standard InChI is InChI=1S/C13H15NO2/c1-2-3-9-16-13(15)11-6-4-5-10-7-8-14-12(10)11/h4-8,14H,2-3,9H2,1H3. The van der Waals surface area contributed by atoms with Gasteiger partial charge in [0.1, 0.15) is 0 Å². The van der Waals surface area contributed by atoms with Gasteiger partial charge in [-0.3, -0.25) is 0 Å². The molecule has 0 fully saturated rings. The number of benzene rings is 1. The number of aromatic nitrogens is 1. The third-order valence-electron chi connectivity index (χ3n) is 2.54. The van der Waals surface area contributed by atoms with Gasteiger partial charge >= 0.3 is 5.97 Å². The minimum atomic E-state index is -0.249. The summed E-state index contributed by atoms with van der Waals surface area (Å²) < 4.78 is 5.19. The van der Waals surface area contributed by atoms with E-state index < -0.39 is 0 Å². The number of aromatic amines is 1. The van der Waals surface area contributed by atoms with Crippen LogP contribution < -0.4 is 0 Å². The molecule has 0 saturated heterocycles. The topological polar surface area (TPSA) is 42.1 Å². The smallest absolute Gasteiger partial charge is 0.340 e. The van der Waals surface area contributed by atoms with Crippen LogP contribution in [0, 0.1) is 0 Å². The highest BCUT2D eigenvalue weighted by Crippen LogP contribution is 2.17. The number of carbonyl (C=O) groups excluding carboxylic acids is 1. The van der Waals surface area contributed by atoms with Gasteiger partial charge in [-0.2, -0.15) is 0 Å². The van der Waals surface area contributed by atoms with Crippen molar-refractivity contribution < 1.29 is 9.53 Å². The number of rotatable bonds is 4. The van der Waals surface area contributed by atoms with Crippen molar-refractivity contribution in [1.82, 2.24) is 4.98 Å². The summed E-state index contributed by atoms with van der Waals surface area (Å²) >= 11 is 0. The fourth-order valence-electron chi connectivity index (χ4n) is 1.64. The summed E-state index contributed by atoms with van der Waals surface area (Å²) in [7, 11) is 0. The quantitative estimate of drug-likeness (QED) is 0.631. The molecule has 1 heterocycles. The van der Waals surface area contributed by atoms with E-state index in [0.717, 1.165) is 23.7 Å². The van der Waals surface area contributed by atoms with Crippen LogP contribution in [-0.2, 0) is 4.74 Å². The summed E-state index contributed by atoms with van der Waals surface area (Å²) in [5, 5.41) is 1.03. The maximum atomic E-state index is 11.8. The van der Waals surface area contributed by atoms with Crippen LogP contribution >= 0.6 is 0 Å². The van der Waals surface area contributed by atoms with Gasteiger partial charge in [0.2, 0.25) is 0 Å². The number of nitrogens with one attached hydrogen (secondary N) is 1. The van der Waals surface area contributed by atoms with Gasteiger partial charge in [0, 0.05) is 11.6 Å². The second-order valence-corrected chi connectivity index (χ2v) is 3.74. The molecule has 1 N–H and O–H groups in total. The number of unbranched alkanes of at least 4 members (excludes halogenated alkanes) is 1. The van der Waals surface area contributed by atoms with Crippen LogP contribution in [0.15, 0.2) is 30.5 Å². The molecule has 2 aromatic rings. The van der Waals surface area contributed by atoms with Crippen molar-refractivity contribution in [3.8, 4) is 0 Å². The van der Waals surface area contributed by atoms with E-state index in [0.29, 0.717) is 12.2 Å². The van der Waals surface area contributed by atoms with Crippen molar-refractivity contribution in [3.05, 3.63) is 36.0 Å². The first-order valence-electron chi connectivity index (χ1n) is 5.56. The zero-order chi connectivity index (χ0) is 11.4. The molecule has 84 valence electrons. The Balaban J connectivity index is 2.19. The normalized spacial score (nSPS) is 10.6. The Kier molecular flexibility index (Phi) is 3.25. The molecule has 0 spiro atoms. The van der Waals surface area contributed by atoms with Crippen LogP contribution in [0.4, 0.5) is 0 Å². The van der Waals surface area contributed by atoms with Crippen molar-refractivity contribution in [2.75, 3.05) is 6.61 Å². The highest BCUT2D eigenvalue weighted by Gasteiger charge is 2.11. The summed E-state index contributed by atoms with van der Waals surface area (Å²) in [5.41, 5.74) is 1.46. The van der Waals surface area contributed by atoms with E-state index in [-0.39, 0.29) is 5.97 Å². The molecule has 0 amide bonds. The molecule has 0 bridgehead atoms. The van der Waals surface area contributed by atoms with Crippen LogP contribution in [0.5, 0.6) is 0 Å². The van der Waals surface area contributed by atoms with Gasteiger partial charge in [0.15, 0.2) is 0 Å². The summed E-state index contributed by atoms with van der Waals surface area (Å²) in [4.78, 5) is 14.8. The number of ether oxygens (including phenoxy) is 1. The van der Waals surface area contributed by atoms with Gasteiger partial charge < -0.3 is 9.72 Å². The first-order valence-corrected chi connectivity index (χ1v) is 5.56. The number of H-pyrrole nitrogens is 1. The minimum absolute atomic E-state index is 0.249.